The number of nitrogens with one attached hydrogen (secondary N) is 4. The number of piperidine rings is 2. The van der Waals surface area contributed by atoms with Crippen molar-refractivity contribution in [1.82, 2.24) is 48.4 Å². The molecule has 8 aliphatic rings. The lowest BCUT2D eigenvalue weighted by Crippen LogP contribution is -2.47. The van der Waals surface area contributed by atoms with Gasteiger partial charge in [-0.2, -0.15) is 0 Å². The largest absolute Gasteiger partial charge is 0.493 e. The molecule has 6 aromatic carbocycles. The third-order valence-electron chi connectivity index (χ3n) is 27.6. The molecule has 0 bridgehead atoms. The number of likely N-dealkylation sites (tertiary alicyclic amines) is 1. The molecule has 2 aliphatic carbocycles. The normalized spacial score (nSPS) is 19.5. The minimum absolute atomic E-state index is 0.0186. The molecule has 3 amide bonds. The van der Waals surface area contributed by atoms with Crippen LogP contribution < -0.4 is 38.2 Å². The molecule has 700 valence electrons. The summed E-state index contributed by atoms with van der Waals surface area (Å²) in [6, 6.07) is 38.0. The topological polar surface area (TPSA) is 378 Å². The summed E-state index contributed by atoms with van der Waals surface area (Å²) in [5, 5.41) is 27.9. The number of allylic oxidation sites excluding steroid dienone is 2. The van der Waals surface area contributed by atoms with Crippen molar-refractivity contribution in [1.29, 1.82) is 0 Å². The van der Waals surface area contributed by atoms with Crippen LogP contribution in [0.3, 0.4) is 0 Å². The van der Waals surface area contributed by atoms with Crippen molar-refractivity contribution in [2.24, 2.45) is 34.5 Å². The summed E-state index contributed by atoms with van der Waals surface area (Å²) in [7, 11) is -12.7. The van der Waals surface area contributed by atoms with E-state index in [1.165, 1.54) is 80.6 Å². The van der Waals surface area contributed by atoms with Gasteiger partial charge in [0, 0.05) is 191 Å². The van der Waals surface area contributed by atoms with E-state index in [0.717, 1.165) is 135 Å². The number of aromatic nitrogens is 4. The number of hydrogen-bond donors (Lipinski definition) is 4. The third kappa shape index (κ3) is 21.5. The summed E-state index contributed by atoms with van der Waals surface area (Å²) in [5.41, 5.74) is 11.1. The van der Waals surface area contributed by atoms with Crippen LogP contribution >= 0.6 is 23.2 Å². The van der Waals surface area contributed by atoms with Gasteiger partial charge in [0.25, 0.3) is 43.2 Å². The van der Waals surface area contributed by atoms with E-state index in [2.05, 4.69) is 101 Å². The van der Waals surface area contributed by atoms with Crippen LogP contribution in [0, 0.1) is 54.7 Å². The average Bonchev–Trinajstić information content (AvgIpc) is 1.24. The number of benzene rings is 6. The standard InChI is InChI=1S/C49H54ClN7O8S.C48H54ClN7O9S2/c1-31(58)55-16-12-32(13-17-55)36-23-42-44(57(60)61)25-40(26-45(42)64-30-36)66(62,63)53-48(59)41-9-8-38(24-46(41)65-39-22-34-11-15-51-47(34)52-28-39)56-20-18-54(19-21-56)29-35-10-14-49(2,3)27-43(35)33-4-6-37(50)7-5-33;1-48(2)14-10-34(42(27-48)32-4-6-36(49)7-5-32)29-53-18-20-54(21-19-53)37-8-9-40(45(24-37)65-38-22-33-11-15-50-46(33)51-28-38)47(57)52-67(62,63)39-25-43(56(58)59)41-23-35(30-64-44(41)26-39)31-12-16-55(17-13-31)66(3,60)61/h4-9,11,15,22,24-26,28,32,36H,10,12-14,16-21,23,27,29-30H2,1-3H3,(H,51,52)(H,53,59);4-9,11,15,22,24-26,28,31,35H,10,12-14,16-21,23,27,29-30H2,1-3H3,(H,50,51)(H,52,57)/t36-;35-/m00/s1. The Kier molecular flexibility index (Phi) is 27.0. The van der Waals surface area contributed by atoms with Crippen molar-refractivity contribution < 1.29 is 68.4 Å². The predicted molar refractivity (Wildman–Crippen MR) is 510 cm³/mol. The van der Waals surface area contributed by atoms with Crippen LogP contribution in [0.25, 0.3) is 33.2 Å². The number of nitrogens with zero attached hydrogens (tertiary/aromatic N) is 10. The van der Waals surface area contributed by atoms with Gasteiger partial charge in [0.2, 0.25) is 15.9 Å². The van der Waals surface area contributed by atoms with E-state index in [1.54, 1.807) is 60.6 Å². The van der Waals surface area contributed by atoms with Gasteiger partial charge in [0.15, 0.2) is 0 Å². The SMILES string of the molecule is CC(=O)N1CCC([C@@H]2COc3cc(S(=O)(=O)NC(=O)c4ccc(N5CCN(CC6=C(c7ccc(Cl)cc7)CC(C)(C)CC6)CC5)cc4Oc4cnc5[nH]ccc5c4)cc([N+](=O)[O-])c3C2)CC1.CC1(C)CCC(CN2CCN(c3ccc(C(=O)NS(=O)(=O)c4cc5c(c([N+](=O)[O-])c4)C[C@H](C4CCN(S(C)(=O)=O)CC4)CO5)c(Oc4cnc5[nH]ccc5c4)c3)CC2)=C(c2ccc(Cl)cc2)C1. The van der Waals surface area contributed by atoms with Crippen LogP contribution in [0.4, 0.5) is 22.7 Å². The van der Waals surface area contributed by atoms with E-state index >= 15 is 0 Å². The molecule has 36 heteroatoms. The highest BCUT2D eigenvalue weighted by atomic mass is 35.5. The van der Waals surface area contributed by atoms with E-state index in [4.69, 9.17) is 42.1 Å². The summed E-state index contributed by atoms with van der Waals surface area (Å²) < 4.78 is 110. The zero-order valence-corrected chi connectivity index (χ0v) is 79.0. The molecule has 133 heavy (non-hydrogen) atoms. The summed E-state index contributed by atoms with van der Waals surface area (Å²) in [5.74, 6) is -0.843. The highest BCUT2D eigenvalue weighted by Crippen LogP contribution is 2.49. The number of H-pyrrole nitrogens is 2. The number of anilines is 2. The molecule has 10 heterocycles. The Bertz CT molecular complexity index is 6600. The second-order valence-corrected chi connectivity index (χ2v) is 44.0. The van der Waals surface area contributed by atoms with E-state index in [9.17, 15) is 59.9 Å². The van der Waals surface area contributed by atoms with Gasteiger partial charge in [0.1, 0.15) is 45.8 Å². The molecular weight excluding hydrogens is 1800 g/mol. The fraction of sp³-hybridized carbons (Fsp3) is 0.412. The molecule has 0 spiro atoms. The van der Waals surface area contributed by atoms with Gasteiger partial charge in [-0.15, -0.1) is 0 Å². The molecule has 6 aliphatic heterocycles. The number of sulfonamides is 3. The maximum atomic E-state index is 14.1. The lowest BCUT2D eigenvalue weighted by molar-refractivity contribution is -0.386. The number of nitro benzene ring substituents is 2. The number of piperazine rings is 2. The van der Waals surface area contributed by atoms with Crippen LogP contribution in [0.2, 0.25) is 10.0 Å². The number of carbonyl (C=O) groups excluding carboxylic acids is 3. The molecule has 4 saturated heterocycles. The summed E-state index contributed by atoms with van der Waals surface area (Å²) in [6.45, 7) is 21.0. The monoisotopic (exact) mass is 1910 g/mol. The number of fused-ring (bicyclic) bond motifs is 4. The van der Waals surface area contributed by atoms with Crippen LogP contribution in [0.1, 0.15) is 142 Å². The van der Waals surface area contributed by atoms with Crippen LogP contribution in [0.5, 0.6) is 34.5 Å². The number of amides is 3. The number of aromatic amines is 2. The maximum Gasteiger partial charge on any atom is 0.277 e. The van der Waals surface area contributed by atoms with Gasteiger partial charge in [-0.3, -0.25) is 44.4 Å². The first kappa shape index (κ1) is 93.3. The molecule has 10 aromatic rings. The Balaban J connectivity index is 0.000000185. The predicted octanol–water partition coefficient (Wildman–Crippen LogP) is 16.7. The van der Waals surface area contributed by atoms with Gasteiger partial charge in [0.05, 0.1) is 73.8 Å². The Hall–Kier alpha value is -11.5. The second kappa shape index (κ2) is 38.5. The van der Waals surface area contributed by atoms with Crippen molar-refractivity contribution in [2.45, 2.75) is 121 Å². The van der Waals surface area contributed by atoms with Crippen molar-refractivity contribution in [3.8, 4) is 34.5 Å². The van der Waals surface area contributed by atoms with Gasteiger partial charge in [-0.05, 0) is 195 Å². The fourth-order valence-electron chi connectivity index (χ4n) is 20.0. The Morgan fingerprint density at radius 2 is 0.917 bits per heavy atom. The smallest absolute Gasteiger partial charge is 0.277 e. The summed E-state index contributed by atoms with van der Waals surface area (Å²) in [6.07, 6.45) is 17.3. The highest BCUT2D eigenvalue weighted by molar-refractivity contribution is 7.90. The van der Waals surface area contributed by atoms with Crippen LogP contribution in [-0.2, 0) is 47.7 Å². The molecule has 4 aromatic heterocycles. The van der Waals surface area contributed by atoms with Crippen LogP contribution in [-0.4, -0.2) is 203 Å². The molecule has 0 saturated carbocycles. The van der Waals surface area contributed by atoms with Crippen LogP contribution in [0.15, 0.2) is 179 Å². The minimum Gasteiger partial charge on any atom is -0.493 e. The number of pyridine rings is 2. The lowest BCUT2D eigenvalue weighted by Gasteiger charge is -2.39. The Labute approximate surface area is 783 Å². The number of hydrogen-bond acceptors (Lipinski definition) is 23. The average molecular weight is 1910 g/mol. The van der Waals surface area contributed by atoms with E-state index < -0.39 is 72.9 Å². The first-order valence-corrected chi connectivity index (χ1v) is 50.7. The van der Waals surface area contributed by atoms with Gasteiger partial charge < -0.3 is 43.6 Å². The zero-order valence-electron chi connectivity index (χ0n) is 75.0. The van der Waals surface area contributed by atoms with E-state index in [1.807, 2.05) is 36.4 Å². The van der Waals surface area contributed by atoms with Crippen molar-refractivity contribution in [3.63, 3.8) is 0 Å². The lowest BCUT2D eigenvalue weighted by atomic mass is 9.72. The molecule has 0 radical (unpaired) electrons. The fourth-order valence-corrected chi connectivity index (χ4v) is 23.1. The summed E-state index contributed by atoms with van der Waals surface area (Å²) >= 11 is 12.5. The van der Waals surface area contributed by atoms with Crippen molar-refractivity contribution >= 4 is 127 Å². The zero-order chi connectivity index (χ0) is 93.6. The quantitative estimate of drug-likeness (QED) is 0.0341. The van der Waals surface area contributed by atoms with Crippen molar-refractivity contribution in [3.05, 3.63) is 233 Å². The minimum atomic E-state index is -4.69. The number of carbonyl (C=O) groups is 3. The number of rotatable bonds is 23. The van der Waals surface area contributed by atoms with Crippen molar-refractivity contribution in [2.75, 3.05) is 121 Å². The third-order valence-corrected chi connectivity index (χ3v) is 32.0. The summed E-state index contributed by atoms with van der Waals surface area (Å²) in [4.78, 5) is 88.8. The molecule has 4 fully saturated rings. The number of ether oxygens (including phenoxy) is 4. The highest BCUT2D eigenvalue weighted by Gasteiger charge is 2.41. The van der Waals surface area contributed by atoms with Gasteiger partial charge in [-0.1, -0.05) is 86.3 Å². The second-order valence-electron chi connectivity index (χ2n) is 37.7. The first-order valence-electron chi connectivity index (χ1n) is 45.1. The van der Waals surface area contributed by atoms with E-state index in [-0.39, 0.29) is 99.7 Å². The first-order chi connectivity index (χ1) is 63.5. The molecule has 0 unspecified atom stereocenters. The van der Waals surface area contributed by atoms with E-state index in [0.29, 0.717) is 100.0 Å². The van der Waals surface area contributed by atoms with Gasteiger partial charge >= 0.3 is 0 Å². The molecule has 31 nitrogen and oxygen atoms in total. The Morgan fingerprint density at radius 1 is 0.519 bits per heavy atom. The number of halogens is 2. The molecule has 2 atom stereocenters. The number of nitro groups is 2. The molecule has 18 rings (SSSR count). The van der Waals surface area contributed by atoms with Gasteiger partial charge in [-0.25, -0.2) is 49.0 Å². The molecule has 4 N–H and O–H groups in total. The maximum absolute atomic E-state index is 14.1. The Morgan fingerprint density at radius 3 is 1.30 bits per heavy atom. The molecular formula is C97H108Cl2N14O17S3.